The van der Waals surface area contributed by atoms with Gasteiger partial charge in [-0.2, -0.15) is 23.1 Å². The highest BCUT2D eigenvalue weighted by atomic mass is 19.4. The summed E-state index contributed by atoms with van der Waals surface area (Å²) in [5.74, 6) is -0.552. The number of piperazine rings is 1. The maximum Gasteiger partial charge on any atom is 0.417 e. The van der Waals surface area contributed by atoms with Crippen LogP contribution in [0.25, 0.3) is 0 Å². The molecule has 3 saturated heterocycles. The summed E-state index contributed by atoms with van der Waals surface area (Å²) in [4.78, 5) is 13.6. The molecule has 42 heavy (non-hydrogen) atoms. The minimum atomic E-state index is -4.81. The lowest BCUT2D eigenvalue weighted by Crippen LogP contribution is -2.52. The fraction of sp³-hybridized carbons (Fsp3) is 0.586. The average Bonchev–Trinajstić information content (AvgIpc) is 3.58. The summed E-state index contributed by atoms with van der Waals surface area (Å²) in [6.07, 6.45) is -0.768. The molecule has 3 fully saturated rings. The number of nitrogens with zero attached hydrogens (tertiary/aromatic N) is 4. The highest BCUT2D eigenvalue weighted by Gasteiger charge is 2.49. The van der Waals surface area contributed by atoms with Crippen LogP contribution in [0.1, 0.15) is 53.3 Å². The van der Waals surface area contributed by atoms with Crippen molar-refractivity contribution < 1.29 is 31.4 Å². The monoisotopic (exact) mass is 592 g/mol. The molecule has 13 heteroatoms. The number of nitrogens with one attached hydrogen (secondary N) is 1. The minimum absolute atomic E-state index is 0.0760. The van der Waals surface area contributed by atoms with Crippen LogP contribution in [0, 0.1) is 12.7 Å². The Balaban J connectivity index is 1.25. The van der Waals surface area contributed by atoms with Crippen LogP contribution >= 0.6 is 0 Å². The topological polar surface area (TPSA) is 88.8 Å². The van der Waals surface area contributed by atoms with Gasteiger partial charge in [-0.05, 0) is 37.9 Å². The van der Waals surface area contributed by atoms with Crippen LogP contribution in [0.3, 0.4) is 0 Å². The number of fused-ring (bicyclic) bond motifs is 4. The second kappa shape index (κ2) is 10.0. The van der Waals surface area contributed by atoms with Gasteiger partial charge in [0.05, 0.1) is 35.2 Å². The highest BCUT2D eigenvalue weighted by molar-refractivity contribution is 5.55. The van der Waals surface area contributed by atoms with Crippen molar-refractivity contribution in [3.8, 4) is 6.01 Å². The van der Waals surface area contributed by atoms with Crippen LogP contribution in [0.4, 0.5) is 33.5 Å². The quantitative estimate of drug-likeness (QED) is 0.306. The van der Waals surface area contributed by atoms with E-state index in [1.165, 1.54) is 6.92 Å². The second-order valence-corrected chi connectivity index (χ2v) is 12.2. The molecule has 0 spiro atoms. The number of halogens is 5. The van der Waals surface area contributed by atoms with Gasteiger partial charge in [-0.3, -0.25) is 4.90 Å². The lowest BCUT2D eigenvalue weighted by Gasteiger charge is -2.37. The van der Waals surface area contributed by atoms with Gasteiger partial charge in [-0.15, -0.1) is 0 Å². The zero-order chi connectivity index (χ0) is 29.4. The zero-order valence-corrected chi connectivity index (χ0v) is 23.2. The zero-order valence-electron chi connectivity index (χ0n) is 23.2. The van der Waals surface area contributed by atoms with E-state index in [9.17, 15) is 17.6 Å². The molecule has 1 aromatic heterocycles. The Labute approximate surface area is 240 Å². The first kappa shape index (κ1) is 27.8. The van der Waals surface area contributed by atoms with Crippen LogP contribution in [-0.4, -0.2) is 71.4 Å². The van der Waals surface area contributed by atoms with Crippen molar-refractivity contribution in [3.63, 3.8) is 0 Å². The average molecular weight is 593 g/mol. The van der Waals surface area contributed by atoms with Gasteiger partial charge in [-0.25, -0.2) is 8.78 Å². The minimum Gasteiger partial charge on any atom is -0.461 e. The number of anilines is 2. The maximum absolute atomic E-state index is 15.3. The molecular formula is C29H33F5N6O2. The van der Waals surface area contributed by atoms with E-state index < -0.39 is 40.9 Å². The van der Waals surface area contributed by atoms with Gasteiger partial charge < -0.3 is 25.4 Å². The number of aromatic nitrogens is 2. The van der Waals surface area contributed by atoms with Crippen LogP contribution in [0.5, 0.6) is 6.01 Å². The molecule has 6 heterocycles. The van der Waals surface area contributed by atoms with Crippen molar-refractivity contribution in [1.82, 2.24) is 20.2 Å². The molecule has 5 unspecified atom stereocenters. The fourth-order valence-corrected chi connectivity index (χ4v) is 7.52. The molecule has 0 saturated carbocycles. The summed E-state index contributed by atoms with van der Waals surface area (Å²) in [6, 6.07) is 1.32. The third kappa shape index (κ3) is 4.69. The predicted molar refractivity (Wildman–Crippen MR) is 144 cm³/mol. The third-order valence-corrected chi connectivity index (χ3v) is 9.36. The summed E-state index contributed by atoms with van der Waals surface area (Å²) in [7, 11) is 0. The summed E-state index contributed by atoms with van der Waals surface area (Å²) >= 11 is 0. The van der Waals surface area contributed by atoms with E-state index in [1.54, 1.807) is 0 Å². The Morgan fingerprint density at radius 2 is 1.95 bits per heavy atom. The standard InChI is InChI=1S/C29H33F5N6O2/c1-15-7-20(35)25(31)23(24(15)29(32,33)34)22-8-21-19(13-41-22)26(39-11-17-3-4-18(12-39)36-17)38-27(37-21)42-14-28-5-2-6-40(28)10-16(30)9-28/h3-4,7,16-18,22,36H,2,5-6,8-14,35H2,1H3. The number of hydrogen-bond donors (Lipinski definition) is 2. The molecule has 5 aliphatic rings. The number of rotatable bonds is 5. The Bertz CT molecular complexity index is 1420. The Kier molecular flexibility index (Phi) is 6.63. The second-order valence-electron chi connectivity index (χ2n) is 12.2. The molecule has 7 rings (SSSR count). The van der Waals surface area contributed by atoms with E-state index in [2.05, 4.69) is 32.3 Å². The number of nitrogen functional groups attached to an aromatic ring is 1. The first-order valence-corrected chi connectivity index (χ1v) is 14.4. The van der Waals surface area contributed by atoms with E-state index in [-0.39, 0.29) is 49.0 Å². The predicted octanol–water partition coefficient (Wildman–Crippen LogP) is 4.01. The number of hydrogen-bond acceptors (Lipinski definition) is 8. The Hall–Kier alpha value is -3.03. The van der Waals surface area contributed by atoms with Crippen molar-refractivity contribution in [2.24, 2.45) is 0 Å². The molecular weight excluding hydrogens is 559 g/mol. The Morgan fingerprint density at radius 3 is 2.69 bits per heavy atom. The van der Waals surface area contributed by atoms with E-state index in [1.807, 2.05) is 0 Å². The number of ether oxygens (including phenoxy) is 2. The van der Waals surface area contributed by atoms with Crippen LogP contribution in [0.2, 0.25) is 0 Å². The molecule has 226 valence electrons. The van der Waals surface area contributed by atoms with Gasteiger partial charge in [0, 0.05) is 55.7 Å². The van der Waals surface area contributed by atoms with E-state index in [0.717, 1.165) is 25.5 Å². The van der Waals surface area contributed by atoms with Gasteiger partial charge >= 0.3 is 12.2 Å². The van der Waals surface area contributed by atoms with E-state index >= 15 is 4.39 Å². The van der Waals surface area contributed by atoms with Crippen molar-refractivity contribution >= 4 is 11.5 Å². The summed E-state index contributed by atoms with van der Waals surface area (Å²) < 4.78 is 84.2. The third-order valence-electron chi connectivity index (χ3n) is 9.36. The molecule has 5 aliphatic heterocycles. The van der Waals surface area contributed by atoms with Crippen LogP contribution in [-0.2, 0) is 23.9 Å². The number of benzene rings is 1. The molecule has 3 N–H and O–H groups in total. The first-order chi connectivity index (χ1) is 20.0. The van der Waals surface area contributed by atoms with Gasteiger partial charge in [0.15, 0.2) is 5.82 Å². The summed E-state index contributed by atoms with van der Waals surface area (Å²) in [5, 5.41) is 3.48. The maximum atomic E-state index is 15.3. The van der Waals surface area contributed by atoms with Crippen molar-refractivity contribution in [2.75, 3.05) is 43.4 Å². The number of aryl methyl sites for hydroxylation is 1. The number of alkyl halides is 4. The fourth-order valence-electron chi connectivity index (χ4n) is 7.52. The largest absolute Gasteiger partial charge is 0.461 e. The van der Waals surface area contributed by atoms with Gasteiger partial charge in [-0.1, -0.05) is 12.2 Å². The smallest absolute Gasteiger partial charge is 0.417 e. The molecule has 0 amide bonds. The molecule has 2 bridgehead atoms. The lowest BCUT2D eigenvalue weighted by molar-refractivity contribution is -0.140. The van der Waals surface area contributed by atoms with Crippen molar-refractivity contribution in [2.45, 2.75) is 75.3 Å². The van der Waals surface area contributed by atoms with E-state index in [0.29, 0.717) is 43.1 Å². The molecule has 0 radical (unpaired) electrons. The van der Waals surface area contributed by atoms with Gasteiger partial charge in [0.1, 0.15) is 18.6 Å². The molecule has 2 aromatic rings. The molecule has 1 aromatic carbocycles. The number of nitrogens with two attached hydrogens (primary N) is 1. The van der Waals surface area contributed by atoms with Crippen LogP contribution < -0.4 is 20.7 Å². The lowest BCUT2D eigenvalue weighted by atomic mass is 9.91. The SMILES string of the molecule is Cc1cc(N)c(F)c(C2Cc3nc(OCC45CCCN4CC(F)C5)nc(N4CC5C=CC(C4)N5)c3CO2)c1C(F)(F)F. The summed E-state index contributed by atoms with van der Waals surface area (Å²) in [5.41, 5.74) is 4.18. The first-order valence-electron chi connectivity index (χ1n) is 14.4. The van der Waals surface area contributed by atoms with Gasteiger partial charge in [0.25, 0.3) is 0 Å². The van der Waals surface area contributed by atoms with E-state index in [4.69, 9.17) is 20.2 Å². The van der Waals surface area contributed by atoms with Crippen LogP contribution in [0.15, 0.2) is 18.2 Å². The molecule has 8 nitrogen and oxygen atoms in total. The van der Waals surface area contributed by atoms with Crippen molar-refractivity contribution in [3.05, 3.63) is 52.0 Å². The molecule has 0 aliphatic carbocycles. The summed E-state index contributed by atoms with van der Waals surface area (Å²) in [6.45, 7) is 3.80. The normalized spacial score (nSPS) is 30.6. The van der Waals surface area contributed by atoms with Crippen molar-refractivity contribution in [1.29, 1.82) is 0 Å². The highest BCUT2D eigenvalue weighted by Crippen LogP contribution is 2.45. The molecule has 5 atom stereocenters. The van der Waals surface area contributed by atoms with Gasteiger partial charge in [0.2, 0.25) is 0 Å². The Morgan fingerprint density at radius 1 is 1.19 bits per heavy atom.